The molecule has 5 heteroatoms. The summed E-state index contributed by atoms with van der Waals surface area (Å²) in [6, 6.07) is 4.21. The van der Waals surface area contributed by atoms with Crippen molar-refractivity contribution in [1.82, 2.24) is 4.98 Å². The third-order valence-corrected chi connectivity index (χ3v) is 6.43. The van der Waals surface area contributed by atoms with Gasteiger partial charge >= 0.3 is 0 Å². The Balaban J connectivity index is 2.12. The van der Waals surface area contributed by atoms with Gasteiger partial charge in [-0.1, -0.05) is 20.3 Å². The summed E-state index contributed by atoms with van der Waals surface area (Å²) in [4.78, 5) is 7.71. The van der Waals surface area contributed by atoms with E-state index in [4.69, 9.17) is 0 Å². The predicted molar refractivity (Wildman–Crippen MR) is 107 cm³/mol. The summed E-state index contributed by atoms with van der Waals surface area (Å²) in [6.07, 6.45) is 2.83. The SMILES string of the molecule is CCCC(CC)N1CCCc2cc(-c3sc(C)nc3C)c(C(F)F)cc21. The number of rotatable bonds is 6. The van der Waals surface area contributed by atoms with Crippen molar-refractivity contribution in [2.45, 2.75) is 72.3 Å². The zero-order valence-corrected chi connectivity index (χ0v) is 16.9. The highest BCUT2D eigenvalue weighted by Crippen LogP contribution is 2.42. The summed E-state index contributed by atoms with van der Waals surface area (Å²) in [5, 5.41) is 0.922. The first-order chi connectivity index (χ1) is 12.5. The van der Waals surface area contributed by atoms with Gasteiger partial charge in [0.15, 0.2) is 0 Å². The maximum absolute atomic E-state index is 13.9. The van der Waals surface area contributed by atoms with E-state index in [0.29, 0.717) is 11.6 Å². The van der Waals surface area contributed by atoms with Gasteiger partial charge in [-0.25, -0.2) is 13.8 Å². The third-order valence-electron chi connectivity index (χ3n) is 5.32. The van der Waals surface area contributed by atoms with Crippen molar-refractivity contribution in [3.05, 3.63) is 34.0 Å². The van der Waals surface area contributed by atoms with E-state index >= 15 is 0 Å². The lowest BCUT2D eigenvalue weighted by atomic mass is 9.92. The molecule has 2 nitrogen and oxygen atoms in total. The summed E-state index contributed by atoms with van der Waals surface area (Å²) in [7, 11) is 0. The number of nitrogens with zero attached hydrogens (tertiary/aromatic N) is 2. The molecule has 142 valence electrons. The van der Waals surface area contributed by atoms with Gasteiger partial charge in [0, 0.05) is 29.4 Å². The van der Waals surface area contributed by atoms with E-state index in [-0.39, 0.29) is 5.56 Å². The van der Waals surface area contributed by atoms with Crippen LogP contribution in [0.15, 0.2) is 12.1 Å². The second-order valence-electron chi connectivity index (χ2n) is 7.16. The minimum absolute atomic E-state index is 0.147. The van der Waals surface area contributed by atoms with E-state index in [9.17, 15) is 8.78 Å². The number of anilines is 1. The Kier molecular flexibility index (Phi) is 5.96. The van der Waals surface area contributed by atoms with Gasteiger partial charge in [-0.05, 0) is 57.2 Å². The van der Waals surface area contributed by atoms with Crippen molar-refractivity contribution in [2.24, 2.45) is 0 Å². The zero-order chi connectivity index (χ0) is 18.8. The Morgan fingerprint density at radius 2 is 2.00 bits per heavy atom. The molecule has 0 amide bonds. The Morgan fingerprint density at radius 3 is 2.58 bits per heavy atom. The second-order valence-corrected chi connectivity index (χ2v) is 8.37. The molecule has 1 aromatic heterocycles. The molecule has 0 aliphatic carbocycles. The zero-order valence-electron chi connectivity index (χ0n) is 16.1. The Morgan fingerprint density at radius 1 is 1.23 bits per heavy atom. The average Bonchev–Trinajstić information content (AvgIpc) is 2.96. The fourth-order valence-electron chi connectivity index (χ4n) is 4.13. The normalized spacial score (nSPS) is 15.4. The Hall–Kier alpha value is -1.49. The van der Waals surface area contributed by atoms with Gasteiger partial charge in [0.25, 0.3) is 6.43 Å². The second kappa shape index (κ2) is 8.03. The third kappa shape index (κ3) is 3.64. The molecule has 26 heavy (non-hydrogen) atoms. The molecule has 0 saturated carbocycles. The fraction of sp³-hybridized carbons (Fsp3) is 0.571. The quantitative estimate of drug-likeness (QED) is 0.556. The van der Waals surface area contributed by atoms with Crippen LogP contribution < -0.4 is 4.90 Å². The van der Waals surface area contributed by atoms with Crippen LogP contribution in [0.1, 0.15) is 67.8 Å². The maximum atomic E-state index is 13.9. The molecule has 1 aliphatic heterocycles. The van der Waals surface area contributed by atoms with E-state index in [0.717, 1.165) is 59.9 Å². The van der Waals surface area contributed by atoms with Crippen molar-refractivity contribution in [3.63, 3.8) is 0 Å². The first-order valence-corrected chi connectivity index (χ1v) is 10.4. The van der Waals surface area contributed by atoms with Gasteiger partial charge in [0.1, 0.15) is 0 Å². The molecule has 1 aromatic carbocycles. The van der Waals surface area contributed by atoms with E-state index in [1.807, 2.05) is 19.9 Å². The minimum Gasteiger partial charge on any atom is -0.368 e. The highest BCUT2D eigenvalue weighted by molar-refractivity contribution is 7.15. The number of alkyl halides is 2. The first-order valence-electron chi connectivity index (χ1n) is 9.62. The molecule has 1 atom stereocenters. The number of thiazole rings is 1. The van der Waals surface area contributed by atoms with Crippen LogP contribution in [0.25, 0.3) is 10.4 Å². The summed E-state index contributed by atoms with van der Waals surface area (Å²) < 4.78 is 27.9. The van der Waals surface area contributed by atoms with Crippen molar-refractivity contribution in [2.75, 3.05) is 11.4 Å². The van der Waals surface area contributed by atoms with E-state index in [1.54, 1.807) is 6.07 Å². The average molecular weight is 379 g/mol. The number of aromatic nitrogens is 1. The van der Waals surface area contributed by atoms with Gasteiger partial charge in [-0.3, -0.25) is 0 Å². The van der Waals surface area contributed by atoms with Crippen LogP contribution in [-0.2, 0) is 6.42 Å². The number of fused-ring (bicyclic) bond motifs is 1. The molecule has 0 bridgehead atoms. The van der Waals surface area contributed by atoms with Crippen LogP contribution in [0.4, 0.5) is 14.5 Å². The molecule has 1 aliphatic rings. The van der Waals surface area contributed by atoms with Crippen LogP contribution in [0.5, 0.6) is 0 Å². The van der Waals surface area contributed by atoms with Gasteiger partial charge in [-0.15, -0.1) is 11.3 Å². The van der Waals surface area contributed by atoms with E-state index in [1.165, 1.54) is 16.9 Å². The van der Waals surface area contributed by atoms with Gasteiger partial charge in [0.05, 0.1) is 15.6 Å². The Bertz CT molecular complexity index is 770. The molecular formula is C21H28F2N2S. The first kappa shape index (κ1) is 19.3. The van der Waals surface area contributed by atoms with Crippen LogP contribution in [0.3, 0.4) is 0 Å². The number of halogens is 2. The lowest BCUT2D eigenvalue weighted by Gasteiger charge is -2.38. The summed E-state index contributed by atoms with van der Waals surface area (Å²) in [5.41, 5.74) is 3.89. The van der Waals surface area contributed by atoms with Crippen molar-refractivity contribution in [1.29, 1.82) is 0 Å². The van der Waals surface area contributed by atoms with Crippen LogP contribution in [0, 0.1) is 13.8 Å². The number of aryl methyl sites for hydroxylation is 3. The van der Waals surface area contributed by atoms with E-state index < -0.39 is 6.43 Å². The minimum atomic E-state index is -2.48. The smallest absolute Gasteiger partial charge is 0.264 e. The summed E-state index contributed by atoms with van der Waals surface area (Å²) in [6.45, 7) is 9.19. The van der Waals surface area contributed by atoms with Crippen LogP contribution >= 0.6 is 11.3 Å². The summed E-state index contributed by atoms with van der Waals surface area (Å²) >= 11 is 1.51. The molecule has 3 rings (SSSR count). The topological polar surface area (TPSA) is 16.1 Å². The van der Waals surface area contributed by atoms with Gasteiger partial charge in [0.2, 0.25) is 0 Å². The highest BCUT2D eigenvalue weighted by atomic mass is 32.1. The van der Waals surface area contributed by atoms with Gasteiger partial charge in [-0.2, -0.15) is 0 Å². The molecule has 0 spiro atoms. The molecule has 0 saturated heterocycles. The Labute approximate surface area is 159 Å². The molecule has 1 unspecified atom stereocenters. The molecule has 2 heterocycles. The lowest BCUT2D eigenvalue weighted by molar-refractivity contribution is 0.152. The molecule has 0 radical (unpaired) electrons. The number of hydrogen-bond acceptors (Lipinski definition) is 3. The fourth-order valence-corrected chi connectivity index (χ4v) is 5.09. The predicted octanol–water partition coefficient (Wildman–Crippen LogP) is 6.70. The number of hydrogen-bond donors (Lipinski definition) is 0. The standard InChI is InChI=1S/C21H28F2N2S/c1-5-8-16(6-2)25-10-7-9-15-11-17(18(21(22)23)12-19(15)25)20-13(3)24-14(4)26-20/h11-12,16,21H,5-10H2,1-4H3. The molecular weight excluding hydrogens is 350 g/mol. The lowest BCUT2D eigenvalue weighted by Crippen LogP contribution is -2.38. The largest absolute Gasteiger partial charge is 0.368 e. The highest BCUT2D eigenvalue weighted by Gasteiger charge is 2.27. The number of benzene rings is 1. The molecule has 2 aromatic rings. The maximum Gasteiger partial charge on any atom is 0.264 e. The summed E-state index contributed by atoms with van der Waals surface area (Å²) in [5.74, 6) is 0. The van der Waals surface area contributed by atoms with Crippen molar-refractivity contribution >= 4 is 17.0 Å². The van der Waals surface area contributed by atoms with Crippen molar-refractivity contribution < 1.29 is 8.78 Å². The van der Waals surface area contributed by atoms with E-state index in [2.05, 4.69) is 23.7 Å². The molecule has 0 fully saturated rings. The van der Waals surface area contributed by atoms with Crippen LogP contribution in [0.2, 0.25) is 0 Å². The van der Waals surface area contributed by atoms with Crippen molar-refractivity contribution in [3.8, 4) is 10.4 Å². The monoisotopic (exact) mass is 378 g/mol. The molecule has 0 N–H and O–H groups in total. The van der Waals surface area contributed by atoms with Gasteiger partial charge < -0.3 is 4.90 Å². The van der Waals surface area contributed by atoms with Crippen LogP contribution in [-0.4, -0.2) is 17.6 Å².